The number of aromatic nitrogens is 1. The number of ether oxygens (including phenoxy) is 3. The number of nitrogens with zero attached hydrogens (tertiary/aromatic N) is 2. The molecule has 1 heterocycles. The first kappa shape index (κ1) is 21.7. The molecule has 3 aromatic rings. The fourth-order valence-corrected chi connectivity index (χ4v) is 4.26. The van der Waals surface area contributed by atoms with Crippen LogP contribution in [0.15, 0.2) is 54.1 Å². The first-order chi connectivity index (χ1) is 14.5. The molecule has 156 valence electrons. The Labute approximate surface area is 183 Å². The zero-order chi connectivity index (χ0) is 21.7. The molecule has 0 unspecified atom stereocenters. The molecule has 0 atom stereocenters. The number of carbonyl (C=O) groups is 1. The third-order valence-corrected chi connectivity index (χ3v) is 5.54. The van der Waals surface area contributed by atoms with Crippen LogP contribution >= 0.6 is 22.9 Å². The number of allylic oxidation sites excluding steroid dienone is 1. The molecular weight excluding hydrogens is 424 g/mol. The van der Waals surface area contributed by atoms with Crippen molar-refractivity contribution in [2.24, 2.45) is 4.99 Å². The van der Waals surface area contributed by atoms with Crippen LogP contribution in [0.25, 0.3) is 16.3 Å². The van der Waals surface area contributed by atoms with Gasteiger partial charge in [0.25, 0.3) is 5.91 Å². The average molecular weight is 445 g/mol. The van der Waals surface area contributed by atoms with Gasteiger partial charge in [-0.15, -0.1) is 6.58 Å². The van der Waals surface area contributed by atoms with E-state index in [1.54, 1.807) is 24.3 Å². The lowest BCUT2D eigenvalue weighted by Gasteiger charge is -2.12. The van der Waals surface area contributed by atoms with E-state index < -0.39 is 0 Å². The maximum Gasteiger partial charge on any atom is 0.272 e. The molecule has 0 N–H and O–H groups in total. The van der Waals surface area contributed by atoms with E-state index in [1.165, 1.54) is 38.7 Å². The quantitative estimate of drug-likeness (QED) is 0.391. The molecule has 0 aliphatic rings. The van der Waals surface area contributed by atoms with E-state index in [1.807, 2.05) is 22.8 Å². The number of amides is 1. The van der Waals surface area contributed by atoms with Crippen molar-refractivity contribution < 1.29 is 19.0 Å². The Balaban J connectivity index is 1.97. The molecule has 0 aliphatic heterocycles. The lowest BCUT2D eigenvalue weighted by Crippen LogP contribution is -2.15. The highest BCUT2D eigenvalue weighted by Crippen LogP contribution is 2.38. The van der Waals surface area contributed by atoms with Crippen molar-refractivity contribution >= 4 is 45.1 Å². The molecule has 30 heavy (non-hydrogen) atoms. The van der Waals surface area contributed by atoms with Crippen molar-refractivity contribution in [1.29, 1.82) is 0 Å². The lowest BCUT2D eigenvalue weighted by molar-refractivity contribution is -0.113. The summed E-state index contributed by atoms with van der Waals surface area (Å²) in [5.41, 5.74) is 1.67. The van der Waals surface area contributed by atoms with Gasteiger partial charge < -0.3 is 18.8 Å². The van der Waals surface area contributed by atoms with Crippen molar-refractivity contribution in [1.82, 2.24) is 4.57 Å². The van der Waals surface area contributed by atoms with E-state index in [-0.39, 0.29) is 5.91 Å². The van der Waals surface area contributed by atoms with Crippen molar-refractivity contribution in [3.05, 3.63) is 64.5 Å². The van der Waals surface area contributed by atoms with Gasteiger partial charge in [0.15, 0.2) is 16.3 Å². The number of hydrogen-bond donors (Lipinski definition) is 0. The number of halogens is 1. The maximum absolute atomic E-state index is 12.5. The molecule has 0 saturated carbocycles. The Morgan fingerprint density at radius 2 is 1.87 bits per heavy atom. The fourth-order valence-electron chi connectivity index (χ4n) is 2.93. The van der Waals surface area contributed by atoms with Crippen LogP contribution in [-0.2, 0) is 11.3 Å². The SMILES string of the molecule is C=CCn1c(=NC(=O)C=Cc2cc(OC)c(OC)c(OC)c2)sc2cc(Cl)ccc21. The zero-order valence-corrected chi connectivity index (χ0v) is 18.4. The Hall–Kier alpha value is -3.03. The smallest absolute Gasteiger partial charge is 0.272 e. The molecule has 0 aliphatic carbocycles. The summed E-state index contributed by atoms with van der Waals surface area (Å²) in [4.78, 5) is 17.4. The van der Waals surface area contributed by atoms with E-state index >= 15 is 0 Å². The van der Waals surface area contributed by atoms with Gasteiger partial charge in [-0.05, 0) is 42.0 Å². The number of rotatable bonds is 7. The molecule has 0 saturated heterocycles. The van der Waals surface area contributed by atoms with Gasteiger partial charge in [0.05, 0.1) is 31.5 Å². The molecule has 2 aromatic carbocycles. The van der Waals surface area contributed by atoms with E-state index in [4.69, 9.17) is 25.8 Å². The van der Waals surface area contributed by atoms with Crippen molar-refractivity contribution in [3.63, 3.8) is 0 Å². The normalized spacial score (nSPS) is 11.8. The minimum Gasteiger partial charge on any atom is -0.493 e. The highest BCUT2D eigenvalue weighted by atomic mass is 35.5. The number of hydrogen-bond acceptors (Lipinski definition) is 5. The van der Waals surface area contributed by atoms with E-state index in [0.717, 1.165) is 15.8 Å². The summed E-state index contributed by atoms with van der Waals surface area (Å²) >= 11 is 7.49. The summed E-state index contributed by atoms with van der Waals surface area (Å²) in [5.74, 6) is 1.11. The number of thiazole rings is 1. The summed E-state index contributed by atoms with van der Waals surface area (Å²) in [5, 5.41) is 0.634. The van der Waals surface area contributed by atoms with Crippen LogP contribution in [-0.4, -0.2) is 31.8 Å². The second kappa shape index (κ2) is 9.65. The van der Waals surface area contributed by atoms with Gasteiger partial charge in [0.1, 0.15) is 0 Å². The Kier molecular flexibility index (Phi) is 6.97. The van der Waals surface area contributed by atoms with Crippen molar-refractivity contribution in [2.75, 3.05) is 21.3 Å². The number of fused-ring (bicyclic) bond motifs is 1. The summed E-state index contributed by atoms with van der Waals surface area (Å²) < 4.78 is 18.9. The van der Waals surface area contributed by atoms with Gasteiger partial charge >= 0.3 is 0 Å². The van der Waals surface area contributed by atoms with Gasteiger partial charge in [-0.3, -0.25) is 4.79 Å². The lowest BCUT2D eigenvalue weighted by atomic mass is 10.1. The molecule has 0 spiro atoms. The molecule has 0 radical (unpaired) electrons. The molecule has 1 amide bonds. The van der Waals surface area contributed by atoms with Gasteiger partial charge in [-0.2, -0.15) is 4.99 Å². The molecule has 3 rings (SSSR count). The average Bonchev–Trinajstić information content (AvgIpc) is 3.07. The second-order valence-corrected chi connectivity index (χ2v) is 7.58. The predicted octanol–water partition coefficient (Wildman–Crippen LogP) is 4.71. The van der Waals surface area contributed by atoms with Crippen molar-refractivity contribution in [3.8, 4) is 17.2 Å². The third-order valence-electron chi connectivity index (χ3n) is 4.27. The van der Waals surface area contributed by atoms with Crippen LogP contribution in [0, 0.1) is 0 Å². The number of carbonyl (C=O) groups excluding carboxylic acids is 1. The van der Waals surface area contributed by atoms with Gasteiger partial charge in [0, 0.05) is 17.6 Å². The zero-order valence-electron chi connectivity index (χ0n) is 16.8. The maximum atomic E-state index is 12.5. The molecule has 0 bridgehead atoms. The fraction of sp³-hybridized carbons (Fsp3) is 0.182. The van der Waals surface area contributed by atoms with E-state index in [0.29, 0.717) is 33.6 Å². The van der Waals surface area contributed by atoms with Crippen LogP contribution in [0.1, 0.15) is 5.56 Å². The van der Waals surface area contributed by atoms with Crippen molar-refractivity contribution in [2.45, 2.75) is 6.54 Å². The summed E-state index contributed by atoms with van der Waals surface area (Å²) in [6, 6.07) is 9.09. The first-order valence-corrected chi connectivity index (χ1v) is 10.2. The monoisotopic (exact) mass is 444 g/mol. The summed E-state index contributed by atoms with van der Waals surface area (Å²) in [7, 11) is 4.61. The standard InChI is InChI=1S/C22H21ClN2O4S/c1-5-10-25-16-8-7-15(23)13-19(16)30-22(25)24-20(26)9-6-14-11-17(27-2)21(29-4)18(12-14)28-3/h5-9,11-13H,1,10H2,2-4H3. The van der Waals surface area contributed by atoms with E-state index in [2.05, 4.69) is 11.6 Å². The van der Waals surface area contributed by atoms with Crippen LogP contribution in [0.3, 0.4) is 0 Å². The molecule has 0 fully saturated rings. The Morgan fingerprint density at radius 1 is 1.17 bits per heavy atom. The molecular formula is C22H21ClN2O4S. The summed E-state index contributed by atoms with van der Waals surface area (Å²) in [6.45, 7) is 4.32. The molecule has 8 heteroatoms. The number of methoxy groups -OCH3 is 3. The van der Waals surface area contributed by atoms with E-state index in [9.17, 15) is 4.79 Å². The molecule has 1 aromatic heterocycles. The summed E-state index contributed by atoms with van der Waals surface area (Å²) in [6.07, 6.45) is 4.81. The Bertz CT molecular complexity index is 1170. The Morgan fingerprint density at radius 3 is 2.47 bits per heavy atom. The second-order valence-electron chi connectivity index (χ2n) is 6.14. The van der Waals surface area contributed by atoms with Gasteiger partial charge in [-0.1, -0.05) is 29.0 Å². The van der Waals surface area contributed by atoms with Crippen LogP contribution in [0.4, 0.5) is 0 Å². The molecule has 6 nitrogen and oxygen atoms in total. The predicted molar refractivity (Wildman–Crippen MR) is 121 cm³/mol. The van der Waals surface area contributed by atoms with Crippen LogP contribution in [0.2, 0.25) is 5.02 Å². The first-order valence-electron chi connectivity index (χ1n) is 8.97. The van der Waals surface area contributed by atoms with Gasteiger partial charge in [0.2, 0.25) is 5.75 Å². The topological polar surface area (TPSA) is 62.1 Å². The van der Waals surface area contributed by atoms with Crippen LogP contribution in [0.5, 0.6) is 17.2 Å². The highest BCUT2D eigenvalue weighted by Gasteiger charge is 2.12. The third kappa shape index (κ3) is 4.58. The minimum absolute atomic E-state index is 0.390. The van der Waals surface area contributed by atoms with Crippen LogP contribution < -0.4 is 19.0 Å². The number of benzene rings is 2. The van der Waals surface area contributed by atoms with Gasteiger partial charge in [-0.25, -0.2) is 0 Å². The minimum atomic E-state index is -0.390. The highest BCUT2D eigenvalue weighted by molar-refractivity contribution is 7.16. The largest absolute Gasteiger partial charge is 0.493 e.